The van der Waals surface area contributed by atoms with E-state index >= 15 is 0 Å². The lowest BCUT2D eigenvalue weighted by atomic mass is 10.0. The van der Waals surface area contributed by atoms with E-state index in [1.165, 1.54) is 11.8 Å². The van der Waals surface area contributed by atoms with Gasteiger partial charge in [0.25, 0.3) is 5.78 Å². The minimum absolute atomic E-state index is 0.0203. The molecule has 1 aliphatic heterocycles. The highest BCUT2D eigenvalue weighted by Gasteiger charge is 2.31. The molecule has 0 aliphatic carbocycles. The molecule has 0 spiro atoms. The summed E-state index contributed by atoms with van der Waals surface area (Å²) in [4.78, 5) is 29.4. The number of hydrogen-bond acceptors (Lipinski definition) is 8. The van der Waals surface area contributed by atoms with Gasteiger partial charge in [-0.25, -0.2) is 9.78 Å². The van der Waals surface area contributed by atoms with E-state index in [1.807, 2.05) is 29.0 Å². The maximum absolute atomic E-state index is 12.3. The number of aliphatic carboxylic acids is 1. The van der Waals surface area contributed by atoms with Gasteiger partial charge in [0.05, 0.1) is 31.4 Å². The van der Waals surface area contributed by atoms with Crippen LogP contribution >= 0.6 is 23.4 Å². The second kappa shape index (κ2) is 10.5. The minimum atomic E-state index is -1.62. The number of carboxylic acids is 1. The third-order valence-corrected chi connectivity index (χ3v) is 6.65. The van der Waals surface area contributed by atoms with Crippen LogP contribution in [0.1, 0.15) is 35.1 Å². The lowest BCUT2D eigenvalue weighted by molar-refractivity contribution is -0.131. The van der Waals surface area contributed by atoms with Crippen LogP contribution in [-0.4, -0.2) is 47.4 Å². The number of aryl methyl sites for hydroxylation is 1. The average molecular weight is 519 g/mol. The van der Waals surface area contributed by atoms with Crippen molar-refractivity contribution in [3.05, 3.63) is 52.4 Å². The van der Waals surface area contributed by atoms with Gasteiger partial charge < -0.3 is 28.6 Å². The molecule has 1 aromatic heterocycles. The summed E-state index contributed by atoms with van der Waals surface area (Å²) < 4.78 is 23.4. The normalized spacial score (nSPS) is 12.0. The lowest BCUT2D eigenvalue weighted by Gasteiger charge is -2.13. The molecular weight excluding hydrogens is 496 g/mol. The summed E-state index contributed by atoms with van der Waals surface area (Å²) in [5, 5.41) is 10.0. The summed E-state index contributed by atoms with van der Waals surface area (Å²) in [6.45, 7) is 2.20. The van der Waals surface area contributed by atoms with Crippen molar-refractivity contribution in [2.45, 2.75) is 36.2 Å². The zero-order valence-electron chi connectivity index (χ0n) is 19.3. The van der Waals surface area contributed by atoms with Crippen molar-refractivity contribution >= 4 is 35.1 Å². The molecule has 0 saturated heterocycles. The third kappa shape index (κ3) is 5.03. The number of halogens is 1. The Morgan fingerprint density at radius 3 is 2.66 bits per heavy atom. The Morgan fingerprint density at radius 2 is 1.97 bits per heavy atom. The Kier molecular flexibility index (Phi) is 7.42. The molecule has 4 rings (SSSR count). The summed E-state index contributed by atoms with van der Waals surface area (Å²) in [6, 6.07) is 7.29. The maximum atomic E-state index is 12.3. The third-order valence-electron chi connectivity index (χ3n) is 5.33. The summed E-state index contributed by atoms with van der Waals surface area (Å²) in [5.74, 6) is -0.351. The van der Waals surface area contributed by atoms with Crippen LogP contribution in [-0.2, 0) is 17.8 Å². The van der Waals surface area contributed by atoms with Crippen molar-refractivity contribution in [1.29, 1.82) is 0 Å². The predicted octanol–water partition coefficient (Wildman–Crippen LogP) is 4.70. The first-order chi connectivity index (χ1) is 16.9. The number of methoxy groups -OCH3 is 2. The number of nitrogens with zero attached hydrogens (tertiary/aromatic N) is 2. The van der Waals surface area contributed by atoms with Crippen LogP contribution in [0.25, 0.3) is 0 Å². The van der Waals surface area contributed by atoms with E-state index in [1.54, 1.807) is 20.3 Å². The van der Waals surface area contributed by atoms with E-state index in [0.29, 0.717) is 17.1 Å². The van der Waals surface area contributed by atoms with Gasteiger partial charge in [-0.2, -0.15) is 0 Å². The molecule has 2 aromatic carbocycles. The topological polar surface area (TPSA) is 109 Å². The van der Waals surface area contributed by atoms with Crippen LogP contribution in [0.4, 0.5) is 0 Å². The van der Waals surface area contributed by atoms with Crippen LogP contribution in [0.5, 0.6) is 23.0 Å². The van der Waals surface area contributed by atoms with Gasteiger partial charge in [0.2, 0.25) is 6.79 Å². The first-order valence-electron chi connectivity index (χ1n) is 10.7. The monoisotopic (exact) mass is 518 g/mol. The predicted molar refractivity (Wildman–Crippen MR) is 129 cm³/mol. The van der Waals surface area contributed by atoms with Gasteiger partial charge in [0.1, 0.15) is 10.9 Å². The van der Waals surface area contributed by atoms with Crippen LogP contribution in [0, 0.1) is 0 Å². The molecule has 2 heterocycles. The van der Waals surface area contributed by atoms with Crippen molar-refractivity contribution in [2.24, 2.45) is 0 Å². The largest absolute Gasteiger partial charge is 0.493 e. The van der Waals surface area contributed by atoms with Crippen molar-refractivity contribution in [3.63, 3.8) is 0 Å². The van der Waals surface area contributed by atoms with Gasteiger partial charge in [-0.05, 0) is 36.2 Å². The second-order valence-electron chi connectivity index (χ2n) is 7.58. The Bertz CT molecular complexity index is 1290. The quantitative estimate of drug-likeness (QED) is 0.301. The molecule has 0 bridgehead atoms. The Hall–Kier alpha value is -3.37. The lowest BCUT2D eigenvalue weighted by Crippen LogP contribution is -2.15. The van der Waals surface area contributed by atoms with E-state index in [0.717, 1.165) is 28.6 Å². The highest BCUT2D eigenvalue weighted by molar-refractivity contribution is 7.99. The smallest absolute Gasteiger partial charge is 0.377 e. The molecule has 9 nitrogen and oxygen atoms in total. The van der Waals surface area contributed by atoms with Crippen molar-refractivity contribution in [1.82, 2.24) is 9.55 Å². The molecule has 0 saturated carbocycles. The summed E-state index contributed by atoms with van der Waals surface area (Å²) in [5.41, 5.74) is 0.319. The summed E-state index contributed by atoms with van der Waals surface area (Å²) in [7, 11) is 3.17. The molecular formula is C24H23ClN2O7S. The number of fused-ring (bicyclic) bond motifs is 1. The number of benzene rings is 2. The standard InChI is InChI=1S/C24H23ClN2O7S/c1-4-5-18-26-19(35-14-6-7-15(31-2)16(9-14)32-3)11-27(18)10-13-8-17-23(34-12-33-17)20(21(13)25)22(28)24(29)30/h6-9,11H,4-5,10,12H2,1-3H3,(H,29,30). The molecule has 11 heteroatoms. The minimum Gasteiger partial charge on any atom is -0.493 e. The number of ketones is 1. The van der Waals surface area contributed by atoms with Crippen LogP contribution in [0.15, 0.2) is 40.4 Å². The Labute approximate surface area is 210 Å². The van der Waals surface area contributed by atoms with Crippen LogP contribution in [0.2, 0.25) is 5.02 Å². The number of hydrogen-bond donors (Lipinski definition) is 1. The Balaban J connectivity index is 1.68. The number of aromatic nitrogens is 2. The molecule has 0 amide bonds. The number of carbonyl (C=O) groups is 2. The zero-order valence-corrected chi connectivity index (χ0v) is 20.9. The molecule has 0 atom stereocenters. The van der Waals surface area contributed by atoms with E-state index in [4.69, 9.17) is 35.5 Å². The fourth-order valence-electron chi connectivity index (χ4n) is 3.72. The molecule has 1 aliphatic rings. The molecule has 0 radical (unpaired) electrons. The molecule has 0 fully saturated rings. The fraction of sp³-hybridized carbons (Fsp3) is 0.292. The molecule has 184 valence electrons. The van der Waals surface area contributed by atoms with Crippen molar-refractivity contribution in [2.75, 3.05) is 21.0 Å². The summed E-state index contributed by atoms with van der Waals surface area (Å²) >= 11 is 7.99. The van der Waals surface area contributed by atoms with E-state index in [2.05, 4.69) is 6.92 Å². The van der Waals surface area contributed by atoms with E-state index < -0.39 is 11.8 Å². The molecule has 1 N–H and O–H groups in total. The number of carboxylic acid groups (broad SMARTS) is 1. The van der Waals surface area contributed by atoms with Gasteiger partial charge in [0.15, 0.2) is 23.0 Å². The number of imidazole rings is 1. The van der Waals surface area contributed by atoms with Gasteiger partial charge in [-0.1, -0.05) is 30.3 Å². The average Bonchev–Trinajstić information content (AvgIpc) is 3.45. The molecule has 0 unspecified atom stereocenters. The number of Topliss-reactive ketones (excluding diaryl/α,β-unsaturated/α-hetero) is 1. The maximum Gasteiger partial charge on any atom is 0.377 e. The summed E-state index contributed by atoms with van der Waals surface area (Å²) in [6.07, 6.45) is 3.48. The first-order valence-corrected chi connectivity index (χ1v) is 11.9. The first kappa shape index (κ1) is 24.7. The van der Waals surface area contributed by atoms with Crippen LogP contribution < -0.4 is 18.9 Å². The molecule has 35 heavy (non-hydrogen) atoms. The Morgan fingerprint density at radius 1 is 1.20 bits per heavy atom. The zero-order chi connectivity index (χ0) is 25.1. The van der Waals surface area contributed by atoms with Gasteiger partial charge in [-0.3, -0.25) is 4.79 Å². The van der Waals surface area contributed by atoms with E-state index in [9.17, 15) is 14.7 Å². The van der Waals surface area contributed by atoms with Gasteiger partial charge in [-0.15, -0.1) is 0 Å². The van der Waals surface area contributed by atoms with Crippen molar-refractivity contribution < 1.29 is 33.6 Å². The van der Waals surface area contributed by atoms with Gasteiger partial charge >= 0.3 is 5.97 Å². The second-order valence-corrected chi connectivity index (χ2v) is 9.06. The highest BCUT2D eigenvalue weighted by Crippen LogP contribution is 2.43. The van der Waals surface area contributed by atoms with Crippen LogP contribution in [0.3, 0.4) is 0 Å². The number of ether oxygens (including phenoxy) is 4. The molecule has 3 aromatic rings. The van der Waals surface area contributed by atoms with E-state index in [-0.39, 0.29) is 35.4 Å². The van der Waals surface area contributed by atoms with Crippen molar-refractivity contribution in [3.8, 4) is 23.0 Å². The fourth-order valence-corrected chi connectivity index (χ4v) is 4.88. The number of carbonyl (C=O) groups excluding carboxylic acids is 1. The number of rotatable bonds is 10. The SMILES string of the molecule is CCCc1nc(Sc2ccc(OC)c(OC)c2)cn1Cc1cc2c(c(C(=O)C(=O)O)c1Cl)OCO2. The van der Waals surface area contributed by atoms with Gasteiger partial charge in [0, 0.05) is 17.5 Å². The highest BCUT2D eigenvalue weighted by atomic mass is 35.5.